The number of rotatable bonds is 7. The van der Waals surface area contributed by atoms with Gasteiger partial charge in [0, 0.05) is 22.9 Å². The van der Waals surface area contributed by atoms with Crippen LogP contribution in [0.15, 0.2) is 34.9 Å². The normalized spacial score (nSPS) is 10.3. The average molecular weight is 322 g/mol. The van der Waals surface area contributed by atoms with Crippen molar-refractivity contribution < 1.29 is 14.7 Å². The third kappa shape index (κ3) is 4.24. The molecule has 2 heterocycles. The fourth-order valence-corrected chi connectivity index (χ4v) is 3.28. The van der Waals surface area contributed by atoms with Crippen molar-refractivity contribution in [3.8, 4) is 10.6 Å². The summed E-state index contributed by atoms with van der Waals surface area (Å²) in [7, 11) is 0. The number of carbonyl (C=O) groups excluding carboxylic acids is 1. The lowest BCUT2D eigenvalue weighted by Crippen LogP contribution is -2.36. The van der Waals surface area contributed by atoms with Crippen molar-refractivity contribution in [1.82, 2.24) is 9.88 Å². The third-order valence-corrected chi connectivity index (χ3v) is 4.30. The number of carboxylic acids is 1. The molecule has 0 saturated carbocycles. The number of amides is 1. The predicted octanol–water partition coefficient (Wildman–Crippen LogP) is 2.51. The topological polar surface area (TPSA) is 70.5 Å². The molecule has 2 rings (SSSR count). The van der Waals surface area contributed by atoms with E-state index < -0.39 is 5.97 Å². The van der Waals surface area contributed by atoms with Gasteiger partial charge in [-0.3, -0.25) is 9.59 Å². The van der Waals surface area contributed by atoms with E-state index in [0.717, 1.165) is 10.6 Å². The molecular formula is C14H14N2O3S2. The Hall–Kier alpha value is -1.99. The Morgan fingerprint density at radius 3 is 2.86 bits per heavy atom. The second-order valence-corrected chi connectivity index (χ2v) is 5.93. The maximum Gasteiger partial charge on any atom is 0.323 e. The van der Waals surface area contributed by atoms with Gasteiger partial charge in [-0.15, -0.1) is 17.9 Å². The number of aromatic nitrogens is 1. The van der Waals surface area contributed by atoms with Crippen LogP contribution in [-0.2, 0) is 16.0 Å². The van der Waals surface area contributed by atoms with Crippen molar-refractivity contribution in [3.63, 3.8) is 0 Å². The minimum absolute atomic E-state index is 0.0990. The van der Waals surface area contributed by atoms with Crippen LogP contribution in [0.1, 0.15) is 5.69 Å². The molecule has 5 nitrogen and oxygen atoms in total. The molecule has 0 aliphatic heterocycles. The molecule has 1 amide bonds. The molecule has 0 fully saturated rings. The molecule has 7 heteroatoms. The van der Waals surface area contributed by atoms with Crippen molar-refractivity contribution >= 4 is 34.6 Å². The molecule has 110 valence electrons. The number of carbonyl (C=O) groups is 2. The Balaban J connectivity index is 2.04. The minimum atomic E-state index is -1.04. The summed E-state index contributed by atoms with van der Waals surface area (Å²) in [5.74, 6) is -1.30. The van der Waals surface area contributed by atoms with Gasteiger partial charge in [-0.1, -0.05) is 6.08 Å². The first-order chi connectivity index (χ1) is 10.1. The Labute approximate surface area is 130 Å². The van der Waals surface area contributed by atoms with Gasteiger partial charge in [0.2, 0.25) is 5.91 Å². The molecule has 1 N–H and O–H groups in total. The van der Waals surface area contributed by atoms with E-state index in [0.29, 0.717) is 5.69 Å². The van der Waals surface area contributed by atoms with Crippen molar-refractivity contribution in [3.05, 3.63) is 40.6 Å². The largest absolute Gasteiger partial charge is 0.480 e. The summed E-state index contributed by atoms with van der Waals surface area (Å²) < 4.78 is 0. The summed E-state index contributed by atoms with van der Waals surface area (Å²) in [4.78, 5) is 28.5. The highest BCUT2D eigenvalue weighted by Crippen LogP contribution is 2.25. The van der Waals surface area contributed by atoms with Gasteiger partial charge < -0.3 is 10.0 Å². The van der Waals surface area contributed by atoms with Crippen molar-refractivity contribution in [1.29, 1.82) is 0 Å². The Bertz CT molecular complexity index is 634. The van der Waals surface area contributed by atoms with Crippen LogP contribution in [0, 0.1) is 0 Å². The van der Waals surface area contributed by atoms with Crippen LogP contribution in [0.25, 0.3) is 10.6 Å². The summed E-state index contributed by atoms with van der Waals surface area (Å²) in [5.41, 5.74) is 1.70. The zero-order valence-corrected chi connectivity index (χ0v) is 12.8. The average Bonchev–Trinajstić information content (AvgIpc) is 3.07. The van der Waals surface area contributed by atoms with E-state index >= 15 is 0 Å². The first-order valence-corrected chi connectivity index (χ1v) is 8.00. The van der Waals surface area contributed by atoms with Gasteiger partial charge in [-0.05, 0) is 11.4 Å². The summed E-state index contributed by atoms with van der Waals surface area (Å²) in [6.45, 7) is 3.42. The number of thiazole rings is 1. The quantitative estimate of drug-likeness (QED) is 0.795. The molecule has 2 aromatic rings. The second-order valence-electron chi connectivity index (χ2n) is 4.29. The van der Waals surface area contributed by atoms with Gasteiger partial charge in [0.15, 0.2) is 0 Å². The fraction of sp³-hybridized carbons (Fsp3) is 0.214. The zero-order chi connectivity index (χ0) is 15.2. The smallest absolute Gasteiger partial charge is 0.323 e. The number of hydrogen-bond donors (Lipinski definition) is 1. The van der Waals surface area contributed by atoms with Gasteiger partial charge in [0.1, 0.15) is 11.6 Å². The van der Waals surface area contributed by atoms with Crippen LogP contribution in [-0.4, -0.2) is 40.0 Å². The van der Waals surface area contributed by atoms with Gasteiger partial charge >= 0.3 is 5.97 Å². The zero-order valence-electron chi connectivity index (χ0n) is 11.2. The summed E-state index contributed by atoms with van der Waals surface area (Å²) in [6, 6.07) is 1.98. The van der Waals surface area contributed by atoms with E-state index in [4.69, 9.17) is 5.11 Å². The number of thiophene rings is 1. The lowest BCUT2D eigenvalue weighted by atomic mass is 10.3. The van der Waals surface area contributed by atoms with Crippen LogP contribution in [0.4, 0.5) is 0 Å². The van der Waals surface area contributed by atoms with Crippen LogP contribution in [0.5, 0.6) is 0 Å². The van der Waals surface area contributed by atoms with Crippen LogP contribution in [0.2, 0.25) is 0 Å². The SMILES string of the molecule is C=CCN(CC(=O)O)C(=O)Cc1csc(-c2ccsc2)n1. The molecule has 0 spiro atoms. The highest BCUT2D eigenvalue weighted by atomic mass is 32.1. The van der Waals surface area contributed by atoms with Crippen molar-refractivity contribution in [2.45, 2.75) is 6.42 Å². The Morgan fingerprint density at radius 1 is 1.43 bits per heavy atom. The maximum absolute atomic E-state index is 12.1. The fourth-order valence-electron chi connectivity index (χ4n) is 1.75. The Kier molecular flexibility index (Phi) is 5.24. The van der Waals surface area contributed by atoms with E-state index in [1.165, 1.54) is 22.3 Å². The molecule has 2 aromatic heterocycles. The maximum atomic E-state index is 12.1. The van der Waals surface area contributed by atoms with Crippen LogP contribution >= 0.6 is 22.7 Å². The monoisotopic (exact) mass is 322 g/mol. The molecule has 0 aliphatic carbocycles. The number of aliphatic carboxylic acids is 1. The lowest BCUT2D eigenvalue weighted by Gasteiger charge is -2.18. The third-order valence-electron chi connectivity index (χ3n) is 2.68. The van der Waals surface area contributed by atoms with E-state index in [9.17, 15) is 9.59 Å². The molecule has 0 unspecified atom stereocenters. The van der Waals surface area contributed by atoms with Crippen LogP contribution in [0.3, 0.4) is 0 Å². The van der Waals surface area contributed by atoms with Gasteiger partial charge in [-0.2, -0.15) is 11.3 Å². The highest BCUT2D eigenvalue weighted by Gasteiger charge is 2.17. The second kappa shape index (κ2) is 7.14. The minimum Gasteiger partial charge on any atom is -0.480 e. The summed E-state index contributed by atoms with van der Waals surface area (Å²) >= 11 is 3.07. The van der Waals surface area contributed by atoms with Crippen molar-refractivity contribution in [2.24, 2.45) is 0 Å². The highest BCUT2D eigenvalue weighted by molar-refractivity contribution is 7.14. The summed E-state index contributed by atoms with van der Waals surface area (Å²) in [5, 5.41) is 15.5. The van der Waals surface area contributed by atoms with Gasteiger partial charge in [-0.25, -0.2) is 4.98 Å². The first-order valence-electron chi connectivity index (χ1n) is 6.17. The van der Waals surface area contributed by atoms with E-state index in [-0.39, 0.29) is 25.4 Å². The van der Waals surface area contributed by atoms with Crippen LogP contribution < -0.4 is 0 Å². The lowest BCUT2D eigenvalue weighted by molar-refractivity contribution is -0.143. The molecule has 0 atom stereocenters. The summed E-state index contributed by atoms with van der Waals surface area (Å²) in [6.07, 6.45) is 1.61. The number of nitrogens with zero attached hydrogens (tertiary/aromatic N) is 2. The standard InChI is InChI=1S/C14H14N2O3S2/c1-2-4-16(7-13(18)19)12(17)6-11-9-21-14(15-11)10-3-5-20-8-10/h2-3,5,8-9H,1,4,6-7H2,(H,18,19). The van der Waals surface area contributed by atoms with E-state index in [2.05, 4.69) is 11.6 Å². The van der Waals surface area contributed by atoms with E-state index in [1.807, 2.05) is 22.2 Å². The van der Waals surface area contributed by atoms with Crippen molar-refractivity contribution in [2.75, 3.05) is 13.1 Å². The Morgan fingerprint density at radius 2 is 2.24 bits per heavy atom. The molecule has 21 heavy (non-hydrogen) atoms. The molecular weight excluding hydrogens is 308 g/mol. The van der Waals surface area contributed by atoms with Gasteiger partial charge in [0.05, 0.1) is 12.1 Å². The molecule has 0 radical (unpaired) electrons. The molecule has 0 aromatic carbocycles. The number of carboxylic acid groups (broad SMARTS) is 1. The predicted molar refractivity (Wildman–Crippen MR) is 83.5 cm³/mol. The molecule has 0 saturated heterocycles. The van der Waals surface area contributed by atoms with Gasteiger partial charge in [0.25, 0.3) is 0 Å². The molecule has 0 bridgehead atoms. The number of hydrogen-bond acceptors (Lipinski definition) is 5. The van der Waals surface area contributed by atoms with E-state index in [1.54, 1.807) is 11.3 Å². The first kappa shape index (κ1) is 15.4. The molecule has 0 aliphatic rings.